The minimum absolute atomic E-state index is 0.553. The van der Waals surface area contributed by atoms with Crippen molar-refractivity contribution >= 4 is 17.4 Å². The van der Waals surface area contributed by atoms with Crippen LogP contribution in [0.3, 0.4) is 0 Å². The monoisotopic (exact) mass is 189 g/mol. The molecule has 0 aromatic carbocycles. The summed E-state index contributed by atoms with van der Waals surface area (Å²) in [5.41, 5.74) is 0. The summed E-state index contributed by atoms with van der Waals surface area (Å²) in [6.07, 6.45) is 4.56. The van der Waals surface area contributed by atoms with Crippen molar-refractivity contribution in [2.75, 3.05) is 13.2 Å². The van der Waals surface area contributed by atoms with E-state index in [1.54, 1.807) is 0 Å². The third-order valence-electron chi connectivity index (χ3n) is 1.53. The van der Waals surface area contributed by atoms with Gasteiger partial charge in [-0.3, -0.25) is 0 Å². The molecule has 2 nitrogen and oxygen atoms in total. The first-order valence-electron chi connectivity index (χ1n) is 4.71. The predicted octanol–water partition coefficient (Wildman–Crippen LogP) is 2.48. The van der Waals surface area contributed by atoms with Gasteiger partial charge >= 0.3 is 0 Å². The van der Waals surface area contributed by atoms with Crippen LogP contribution in [0, 0.1) is 0 Å². The number of nitrogens with one attached hydrogen (secondary N) is 1. The van der Waals surface area contributed by atoms with Crippen molar-refractivity contribution in [2.45, 2.75) is 39.5 Å². The Balaban J connectivity index is 3.10. The number of hydrogen-bond donors (Lipinski definition) is 1. The molecule has 0 aromatic heterocycles. The summed E-state index contributed by atoms with van der Waals surface area (Å²) in [7, 11) is 0. The largest absolute Gasteiger partial charge is 0.471 e. The highest BCUT2D eigenvalue weighted by Crippen LogP contribution is 1.89. The van der Waals surface area contributed by atoms with Crippen LogP contribution in [0.25, 0.3) is 0 Å². The van der Waals surface area contributed by atoms with Crippen LogP contribution in [0.4, 0.5) is 0 Å². The number of ether oxygens (including phenoxy) is 1. The Morgan fingerprint density at radius 3 is 2.50 bits per heavy atom. The van der Waals surface area contributed by atoms with Gasteiger partial charge in [-0.1, -0.05) is 26.7 Å². The number of rotatable bonds is 6. The molecule has 0 unspecified atom stereocenters. The standard InChI is InChI=1S/C9H19NOS/c1-3-5-7-10-9(12)11-8-6-4-2/h3-8H2,1-2H3,(H,10,12). The molecule has 0 amide bonds. The van der Waals surface area contributed by atoms with Gasteiger partial charge in [-0.25, -0.2) is 0 Å². The maximum atomic E-state index is 5.25. The molecule has 0 saturated carbocycles. The second kappa shape index (κ2) is 8.78. The van der Waals surface area contributed by atoms with Crippen LogP contribution < -0.4 is 5.32 Å². The molecule has 0 bridgehead atoms. The minimum atomic E-state index is 0.553. The molecule has 0 fully saturated rings. The first kappa shape index (κ1) is 11.7. The van der Waals surface area contributed by atoms with E-state index in [1.165, 1.54) is 6.42 Å². The van der Waals surface area contributed by atoms with Crippen molar-refractivity contribution in [2.24, 2.45) is 0 Å². The van der Waals surface area contributed by atoms with Gasteiger partial charge in [-0.2, -0.15) is 0 Å². The lowest BCUT2D eigenvalue weighted by molar-refractivity contribution is 0.291. The van der Waals surface area contributed by atoms with Crippen LogP contribution in [0.15, 0.2) is 0 Å². The van der Waals surface area contributed by atoms with E-state index < -0.39 is 0 Å². The molecular formula is C9H19NOS. The van der Waals surface area contributed by atoms with E-state index in [0.717, 1.165) is 32.4 Å². The fraction of sp³-hybridized carbons (Fsp3) is 0.889. The van der Waals surface area contributed by atoms with E-state index in [4.69, 9.17) is 17.0 Å². The summed E-state index contributed by atoms with van der Waals surface area (Å²) >= 11 is 4.95. The highest BCUT2D eigenvalue weighted by Gasteiger charge is 1.93. The fourth-order valence-corrected chi connectivity index (χ4v) is 0.913. The van der Waals surface area contributed by atoms with Gasteiger partial charge in [-0.15, -0.1) is 0 Å². The molecule has 0 aliphatic heterocycles. The van der Waals surface area contributed by atoms with E-state index in [0.29, 0.717) is 5.17 Å². The molecule has 0 atom stereocenters. The van der Waals surface area contributed by atoms with E-state index in [-0.39, 0.29) is 0 Å². The fourth-order valence-electron chi connectivity index (χ4n) is 0.727. The normalized spacial score (nSPS) is 9.50. The first-order chi connectivity index (χ1) is 5.81. The van der Waals surface area contributed by atoms with Gasteiger partial charge in [0.15, 0.2) is 0 Å². The topological polar surface area (TPSA) is 21.3 Å². The van der Waals surface area contributed by atoms with E-state index in [9.17, 15) is 0 Å². The maximum Gasteiger partial charge on any atom is 0.256 e. The van der Waals surface area contributed by atoms with Crippen LogP contribution in [-0.4, -0.2) is 18.3 Å². The molecule has 0 aliphatic carbocycles. The lowest BCUT2D eigenvalue weighted by Crippen LogP contribution is -2.25. The van der Waals surface area contributed by atoms with Crippen molar-refractivity contribution < 1.29 is 4.74 Å². The summed E-state index contributed by atoms with van der Waals surface area (Å²) in [5, 5.41) is 3.60. The molecule has 0 spiro atoms. The Bertz CT molecular complexity index is 105. The van der Waals surface area contributed by atoms with Crippen LogP contribution in [0.5, 0.6) is 0 Å². The molecule has 0 heterocycles. The van der Waals surface area contributed by atoms with Crippen LogP contribution in [0.1, 0.15) is 39.5 Å². The van der Waals surface area contributed by atoms with Crippen LogP contribution in [-0.2, 0) is 4.74 Å². The molecule has 0 aromatic rings. The summed E-state index contributed by atoms with van der Waals surface area (Å²) in [6.45, 7) is 5.97. The van der Waals surface area contributed by atoms with E-state index >= 15 is 0 Å². The average Bonchev–Trinajstić information content (AvgIpc) is 2.06. The zero-order valence-electron chi connectivity index (χ0n) is 8.06. The minimum Gasteiger partial charge on any atom is -0.471 e. The SMILES string of the molecule is CCCCNC(=S)OCCCC. The second-order valence-corrected chi connectivity index (χ2v) is 3.14. The number of hydrogen-bond acceptors (Lipinski definition) is 2. The van der Waals surface area contributed by atoms with Gasteiger partial charge < -0.3 is 10.1 Å². The molecule has 72 valence electrons. The van der Waals surface area contributed by atoms with Crippen molar-refractivity contribution in [3.8, 4) is 0 Å². The van der Waals surface area contributed by atoms with Gasteiger partial charge in [0.05, 0.1) is 6.61 Å². The maximum absolute atomic E-state index is 5.25. The zero-order valence-corrected chi connectivity index (χ0v) is 8.88. The molecule has 0 aliphatic rings. The number of unbranched alkanes of at least 4 members (excludes halogenated alkanes) is 2. The third-order valence-corrected chi connectivity index (χ3v) is 1.79. The van der Waals surface area contributed by atoms with Gasteiger partial charge in [0.25, 0.3) is 5.17 Å². The van der Waals surface area contributed by atoms with Crippen LogP contribution >= 0.6 is 12.2 Å². The zero-order chi connectivity index (χ0) is 9.23. The van der Waals surface area contributed by atoms with Gasteiger partial charge in [-0.05, 0) is 25.1 Å². The summed E-state index contributed by atoms with van der Waals surface area (Å²) in [4.78, 5) is 0. The Kier molecular flexibility index (Phi) is 8.56. The Hall–Kier alpha value is -0.310. The lowest BCUT2D eigenvalue weighted by atomic mass is 10.3. The molecule has 0 rings (SSSR count). The highest BCUT2D eigenvalue weighted by atomic mass is 32.1. The highest BCUT2D eigenvalue weighted by molar-refractivity contribution is 7.80. The molecule has 0 radical (unpaired) electrons. The quantitative estimate of drug-likeness (QED) is 0.512. The second-order valence-electron chi connectivity index (χ2n) is 2.77. The summed E-state index contributed by atoms with van der Waals surface area (Å²) in [6, 6.07) is 0. The van der Waals surface area contributed by atoms with Crippen molar-refractivity contribution in [1.29, 1.82) is 0 Å². The number of thiocarbonyl (C=S) groups is 1. The molecule has 12 heavy (non-hydrogen) atoms. The Labute approximate surface area is 80.7 Å². The van der Waals surface area contributed by atoms with Gasteiger partial charge in [0.1, 0.15) is 0 Å². The first-order valence-corrected chi connectivity index (χ1v) is 5.12. The third kappa shape index (κ3) is 7.79. The molecule has 1 N–H and O–H groups in total. The van der Waals surface area contributed by atoms with E-state index in [1.807, 2.05) is 0 Å². The van der Waals surface area contributed by atoms with Crippen LogP contribution in [0.2, 0.25) is 0 Å². The van der Waals surface area contributed by atoms with Gasteiger partial charge in [0.2, 0.25) is 0 Å². The Morgan fingerprint density at radius 2 is 1.92 bits per heavy atom. The van der Waals surface area contributed by atoms with Gasteiger partial charge in [0, 0.05) is 6.54 Å². The van der Waals surface area contributed by atoms with Crippen molar-refractivity contribution in [3.63, 3.8) is 0 Å². The molecule has 0 saturated heterocycles. The predicted molar refractivity (Wildman–Crippen MR) is 56.4 cm³/mol. The van der Waals surface area contributed by atoms with Crippen molar-refractivity contribution in [1.82, 2.24) is 5.32 Å². The average molecular weight is 189 g/mol. The lowest BCUT2D eigenvalue weighted by Gasteiger charge is -2.08. The Morgan fingerprint density at radius 1 is 1.25 bits per heavy atom. The van der Waals surface area contributed by atoms with Crippen molar-refractivity contribution in [3.05, 3.63) is 0 Å². The summed E-state index contributed by atoms with van der Waals surface area (Å²) < 4.78 is 5.25. The smallest absolute Gasteiger partial charge is 0.256 e. The summed E-state index contributed by atoms with van der Waals surface area (Å²) in [5.74, 6) is 0. The van der Waals surface area contributed by atoms with E-state index in [2.05, 4.69) is 19.2 Å². The molecule has 3 heteroatoms. The molecular weight excluding hydrogens is 170 g/mol.